The highest BCUT2D eigenvalue weighted by atomic mass is 16.3. The molecule has 26 heavy (non-hydrogen) atoms. The van der Waals surface area contributed by atoms with Crippen molar-refractivity contribution >= 4 is 11.6 Å². The van der Waals surface area contributed by atoms with Crippen LogP contribution in [-0.2, 0) is 11.2 Å². The third-order valence-corrected chi connectivity index (χ3v) is 5.58. The van der Waals surface area contributed by atoms with Gasteiger partial charge >= 0.3 is 0 Å². The Balaban J connectivity index is 1.63. The van der Waals surface area contributed by atoms with Crippen molar-refractivity contribution in [3.8, 4) is 0 Å². The minimum atomic E-state index is -0.607. The maximum Gasteiger partial charge on any atom is 0.226 e. The van der Waals surface area contributed by atoms with Crippen LogP contribution in [-0.4, -0.2) is 22.7 Å². The van der Waals surface area contributed by atoms with Crippen LogP contribution >= 0.6 is 0 Å². The molecule has 0 radical (unpaired) electrons. The fourth-order valence-electron chi connectivity index (χ4n) is 3.99. The Morgan fingerprint density at radius 1 is 1.04 bits per heavy atom. The monoisotopic (exact) mass is 351 g/mol. The number of hydrogen-bond acceptors (Lipinski definition) is 2. The summed E-state index contributed by atoms with van der Waals surface area (Å²) in [4.78, 5) is 14.5. The average Bonchev–Trinajstić information content (AvgIpc) is 2.70. The molecule has 1 saturated carbocycles. The minimum Gasteiger partial charge on any atom is -0.390 e. The van der Waals surface area contributed by atoms with Gasteiger partial charge in [0.1, 0.15) is 0 Å². The highest BCUT2D eigenvalue weighted by Crippen LogP contribution is 2.36. The van der Waals surface area contributed by atoms with Gasteiger partial charge in [-0.1, -0.05) is 55.5 Å². The number of carbonyl (C=O) groups excluding carboxylic acids is 1. The van der Waals surface area contributed by atoms with Crippen molar-refractivity contribution in [3.05, 3.63) is 66.2 Å². The number of carbonyl (C=O) groups is 1. The van der Waals surface area contributed by atoms with Crippen LogP contribution in [0.3, 0.4) is 0 Å². The van der Waals surface area contributed by atoms with Crippen LogP contribution in [0, 0.1) is 0 Å². The Morgan fingerprint density at radius 2 is 1.62 bits per heavy atom. The van der Waals surface area contributed by atoms with E-state index in [0.717, 1.165) is 44.2 Å². The number of anilines is 1. The molecule has 0 atom stereocenters. The Morgan fingerprint density at radius 3 is 2.19 bits per heavy atom. The van der Waals surface area contributed by atoms with E-state index in [4.69, 9.17) is 0 Å². The highest BCUT2D eigenvalue weighted by molar-refractivity contribution is 5.93. The molecule has 3 heteroatoms. The van der Waals surface area contributed by atoms with Gasteiger partial charge in [-0.15, -0.1) is 0 Å². The van der Waals surface area contributed by atoms with Crippen molar-refractivity contribution in [1.82, 2.24) is 0 Å². The van der Waals surface area contributed by atoms with E-state index in [-0.39, 0.29) is 11.9 Å². The summed E-state index contributed by atoms with van der Waals surface area (Å²) in [5.41, 5.74) is 1.64. The normalized spacial score (nSPS) is 22.8. The first-order valence-corrected chi connectivity index (χ1v) is 9.75. The zero-order valence-corrected chi connectivity index (χ0v) is 15.6. The van der Waals surface area contributed by atoms with Crippen LogP contribution in [0.5, 0.6) is 0 Å². The van der Waals surface area contributed by atoms with Gasteiger partial charge in [0, 0.05) is 18.2 Å². The van der Waals surface area contributed by atoms with E-state index in [1.807, 2.05) is 60.4 Å². The Bertz CT molecular complexity index is 691. The summed E-state index contributed by atoms with van der Waals surface area (Å²) in [6.07, 6.45) is 5.41. The van der Waals surface area contributed by atoms with Crippen molar-refractivity contribution in [2.24, 2.45) is 0 Å². The largest absolute Gasteiger partial charge is 0.390 e. The van der Waals surface area contributed by atoms with Crippen LogP contribution in [0.4, 0.5) is 5.69 Å². The number of aliphatic hydroxyl groups is 1. The maximum absolute atomic E-state index is 12.5. The molecule has 1 fully saturated rings. The second-order valence-corrected chi connectivity index (χ2v) is 7.39. The van der Waals surface area contributed by atoms with Gasteiger partial charge in [-0.3, -0.25) is 4.79 Å². The molecule has 1 N–H and O–H groups in total. The Labute approximate surface area is 156 Å². The molecule has 1 aliphatic rings. The molecule has 1 amide bonds. The van der Waals surface area contributed by atoms with E-state index >= 15 is 0 Å². The Kier molecular flexibility index (Phi) is 6.10. The second-order valence-electron chi connectivity index (χ2n) is 7.39. The predicted molar refractivity (Wildman–Crippen MR) is 106 cm³/mol. The lowest BCUT2D eigenvalue weighted by Gasteiger charge is -2.41. The van der Waals surface area contributed by atoms with E-state index in [2.05, 4.69) is 12.1 Å². The average molecular weight is 351 g/mol. The predicted octanol–water partition coefficient (Wildman–Crippen LogP) is 4.74. The van der Waals surface area contributed by atoms with Gasteiger partial charge in [-0.2, -0.15) is 0 Å². The smallest absolute Gasteiger partial charge is 0.226 e. The molecule has 2 aromatic carbocycles. The molecule has 0 bridgehead atoms. The molecule has 3 rings (SSSR count). The van der Waals surface area contributed by atoms with Crippen molar-refractivity contribution in [2.45, 2.75) is 63.5 Å². The van der Waals surface area contributed by atoms with Crippen LogP contribution in [0.25, 0.3) is 0 Å². The highest BCUT2D eigenvalue weighted by Gasteiger charge is 2.36. The maximum atomic E-state index is 12.5. The lowest BCUT2D eigenvalue weighted by Crippen LogP contribution is -2.46. The lowest BCUT2D eigenvalue weighted by atomic mass is 9.78. The number of nitrogens with zero attached hydrogens (tertiary/aromatic N) is 1. The van der Waals surface area contributed by atoms with Crippen molar-refractivity contribution in [3.63, 3.8) is 0 Å². The van der Waals surface area contributed by atoms with Gasteiger partial charge in [-0.05, 0) is 56.2 Å². The zero-order valence-electron chi connectivity index (χ0n) is 15.6. The van der Waals surface area contributed by atoms with Crippen LogP contribution in [0.15, 0.2) is 60.7 Å². The molecule has 0 aromatic heterocycles. The molecule has 0 saturated heterocycles. The van der Waals surface area contributed by atoms with Gasteiger partial charge in [0.05, 0.1) is 5.60 Å². The van der Waals surface area contributed by atoms with Crippen molar-refractivity contribution in [1.29, 1.82) is 0 Å². The summed E-state index contributed by atoms with van der Waals surface area (Å²) in [7, 11) is 0. The zero-order chi connectivity index (χ0) is 18.4. The van der Waals surface area contributed by atoms with Gasteiger partial charge in [0.25, 0.3) is 0 Å². The first-order chi connectivity index (χ1) is 12.6. The van der Waals surface area contributed by atoms with Gasteiger partial charge in [0.2, 0.25) is 5.91 Å². The van der Waals surface area contributed by atoms with Crippen molar-refractivity contribution in [2.75, 3.05) is 4.90 Å². The topological polar surface area (TPSA) is 40.5 Å². The van der Waals surface area contributed by atoms with E-state index in [0.29, 0.717) is 6.42 Å². The SMILES string of the molecule is CCC(=O)N(c1ccccc1)C1CCC(O)(CCc2ccccc2)CC1. The van der Waals surface area contributed by atoms with Crippen LogP contribution in [0.1, 0.15) is 51.0 Å². The molecule has 0 spiro atoms. The molecule has 0 aliphatic heterocycles. The second kappa shape index (κ2) is 8.50. The van der Waals surface area contributed by atoms with E-state index < -0.39 is 5.60 Å². The third kappa shape index (κ3) is 4.53. The summed E-state index contributed by atoms with van der Waals surface area (Å²) in [6.45, 7) is 1.91. The standard InChI is InChI=1S/C23H29NO2/c1-2-22(25)24(20-11-7-4-8-12-20)21-14-17-23(26,18-15-21)16-13-19-9-5-3-6-10-19/h3-12,21,26H,2,13-18H2,1H3. The number of rotatable bonds is 6. The van der Waals surface area contributed by atoms with E-state index in [1.54, 1.807) is 0 Å². The van der Waals surface area contributed by atoms with E-state index in [1.165, 1.54) is 5.56 Å². The fourth-order valence-corrected chi connectivity index (χ4v) is 3.99. The number of aryl methyl sites for hydroxylation is 1. The number of hydrogen-bond donors (Lipinski definition) is 1. The summed E-state index contributed by atoms with van der Waals surface area (Å²) < 4.78 is 0. The molecule has 138 valence electrons. The molecule has 2 aromatic rings. The first-order valence-electron chi connectivity index (χ1n) is 9.75. The summed E-state index contributed by atoms with van der Waals surface area (Å²) in [5.74, 6) is 0.163. The first kappa shape index (κ1) is 18.7. The van der Waals surface area contributed by atoms with Gasteiger partial charge in [0.15, 0.2) is 0 Å². The number of amides is 1. The van der Waals surface area contributed by atoms with Crippen molar-refractivity contribution < 1.29 is 9.90 Å². The quantitative estimate of drug-likeness (QED) is 0.817. The fraction of sp³-hybridized carbons (Fsp3) is 0.435. The van der Waals surface area contributed by atoms with Crippen LogP contribution < -0.4 is 4.90 Å². The minimum absolute atomic E-state index is 0.163. The van der Waals surface area contributed by atoms with Crippen LogP contribution in [0.2, 0.25) is 0 Å². The molecule has 1 aliphatic carbocycles. The Hall–Kier alpha value is -2.13. The third-order valence-electron chi connectivity index (χ3n) is 5.58. The molecule has 0 heterocycles. The molecule has 3 nitrogen and oxygen atoms in total. The summed E-state index contributed by atoms with van der Waals surface area (Å²) >= 11 is 0. The van der Waals surface area contributed by atoms with E-state index in [9.17, 15) is 9.90 Å². The number of benzene rings is 2. The molecular formula is C23H29NO2. The molecular weight excluding hydrogens is 322 g/mol. The number of para-hydroxylation sites is 1. The summed E-state index contributed by atoms with van der Waals surface area (Å²) in [5, 5.41) is 11.0. The van der Waals surface area contributed by atoms with Gasteiger partial charge in [-0.25, -0.2) is 0 Å². The molecule has 0 unspecified atom stereocenters. The summed E-state index contributed by atoms with van der Waals surface area (Å²) in [6, 6.07) is 20.5. The lowest BCUT2D eigenvalue weighted by molar-refractivity contribution is -0.119. The van der Waals surface area contributed by atoms with Gasteiger partial charge < -0.3 is 10.0 Å².